The Bertz CT molecular complexity index is 458. The van der Waals surface area contributed by atoms with Crippen LogP contribution in [-0.4, -0.2) is 5.88 Å². The van der Waals surface area contributed by atoms with Crippen molar-refractivity contribution in [1.82, 2.24) is 0 Å². The molecule has 0 atom stereocenters. The fourth-order valence-corrected chi connectivity index (χ4v) is 2.25. The smallest absolute Gasteiger partial charge is 0.0433 e. The van der Waals surface area contributed by atoms with E-state index in [0.29, 0.717) is 5.88 Å². The zero-order chi connectivity index (χ0) is 13.5. The van der Waals surface area contributed by atoms with Crippen LogP contribution in [0, 0.1) is 0 Å². The summed E-state index contributed by atoms with van der Waals surface area (Å²) in [4.78, 5) is 0. The van der Waals surface area contributed by atoms with Crippen LogP contribution in [-0.2, 0) is 6.42 Å². The van der Waals surface area contributed by atoms with Crippen LogP contribution < -0.4 is 0 Å². The number of hydrogen-bond donors (Lipinski definition) is 0. The second-order valence-electron chi connectivity index (χ2n) is 4.55. The minimum atomic E-state index is 0.587. The molecule has 1 aromatic carbocycles. The lowest BCUT2D eigenvalue weighted by Gasteiger charge is -2.10. The van der Waals surface area contributed by atoms with Crippen molar-refractivity contribution in [3.63, 3.8) is 0 Å². The van der Waals surface area contributed by atoms with E-state index in [9.17, 15) is 0 Å². The fourth-order valence-electron chi connectivity index (χ4n) is 1.80. The Morgan fingerprint density at radius 1 is 1.28 bits per heavy atom. The molecule has 0 aliphatic rings. The predicted molar refractivity (Wildman–Crippen MR) is 86.3 cm³/mol. The number of hydrogen-bond acceptors (Lipinski definition) is 0. The normalized spacial score (nSPS) is 12.9. The van der Waals surface area contributed by atoms with Crippen LogP contribution in [0.4, 0.5) is 0 Å². The molecule has 1 aromatic rings. The van der Waals surface area contributed by atoms with Gasteiger partial charge in [0.1, 0.15) is 0 Å². The van der Waals surface area contributed by atoms with Gasteiger partial charge >= 0.3 is 0 Å². The molecule has 0 saturated carbocycles. The molecule has 0 saturated heterocycles. The van der Waals surface area contributed by atoms with Gasteiger partial charge in [0.25, 0.3) is 0 Å². The van der Waals surface area contributed by atoms with E-state index in [-0.39, 0.29) is 0 Å². The Labute approximate surface area is 124 Å². The molecule has 0 aromatic heterocycles. The monoisotopic (exact) mass is 326 g/mol. The van der Waals surface area contributed by atoms with Gasteiger partial charge in [0.05, 0.1) is 0 Å². The Balaban J connectivity index is 3.10. The molecule has 0 nitrogen and oxygen atoms in total. The van der Waals surface area contributed by atoms with Crippen molar-refractivity contribution in [3.8, 4) is 0 Å². The molecule has 1 rings (SSSR count). The minimum Gasteiger partial charge on any atom is -0.122 e. The van der Waals surface area contributed by atoms with E-state index >= 15 is 0 Å². The number of halogens is 2. The van der Waals surface area contributed by atoms with Crippen LogP contribution in [0.1, 0.15) is 38.3 Å². The van der Waals surface area contributed by atoms with E-state index in [1.54, 1.807) is 0 Å². The highest BCUT2D eigenvalue weighted by Gasteiger charge is 2.04. The summed E-state index contributed by atoms with van der Waals surface area (Å²) in [5.74, 6) is 0.587. The molecule has 0 aliphatic heterocycles. The van der Waals surface area contributed by atoms with Crippen molar-refractivity contribution in [2.24, 2.45) is 0 Å². The average Bonchev–Trinajstić information content (AvgIpc) is 2.37. The maximum Gasteiger partial charge on any atom is 0.0433 e. The molecule has 18 heavy (non-hydrogen) atoms. The molecule has 0 N–H and O–H groups in total. The highest BCUT2D eigenvalue weighted by Crippen LogP contribution is 2.24. The number of benzene rings is 1. The lowest BCUT2D eigenvalue weighted by molar-refractivity contribution is 0.918. The number of alkyl halides is 1. The van der Waals surface area contributed by atoms with Gasteiger partial charge < -0.3 is 0 Å². The molecule has 0 heterocycles. The summed E-state index contributed by atoms with van der Waals surface area (Å²) in [5, 5.41) is 0. The van der Waals surface area contributed by atoms with Crippen molar-refractivity contribution in [2.45, 2.75) is 33.6 Å². The fraction of sp³-hybridized carbons (Fsp3) is 0.375. The van der Waals surface area contributed by atoms with Crippen molar-refractivity contribution < 1.29 is 0 Å². The maximum atomic E-state index is 5.78. The first kappa shape index (κ1) is 15.5. The summed E-state index contributed by atoms with van der Waals surface area (Å²) in [6.45, 7) is 6.41. The molecule has 2 heteroatoms. The Kier molecular flexibility index (Phi) is 6.73. The van der Waals surface area contributed by atoms with Crippen LogP contribution in [0.25, 0.3) is 5.57 Å². The molecule has 0 aliphatic carbocycles. The zero-order valence-electron chi connectivity index (χ0n) is 11.3. The van der Waals surface area contributed by atoms with E-state index < -0.39 is 0 Å². The minimum absolute atomic E-state index is 0.587. The second-order valence-corrected chi connectivity index (χ2v) is 5.73. The molecule has 0 fully saturated rings. The third-order valence-electron chi connectivity index (χ3n) is 2.84. The van der Waals surface area contributed by atoms with Gasteiger partial charge in [-0.25, -0.2) is 0 Å². The molecule has 0 spiro atoms. The molecule has 0 radical (unpaired) electrons. The first-order valence-electron chi connectivity index (χ1n) is 6.27. The number of allylic oxidation sites excluding steroid dienone is 4. The van der Waals surface area contributed by atoms with Crippen LogP contribution in [0.5, 0.6) is 0 Å². The van der Waals surface area contributed by atoms with Gasteiger partial charge in [-0.3, -0.25) is 0 Å². The third kappa shape index (κ3) is 4.62. The van der Waals surface area contributed by atoms with Crippen molar-refractivity contribution >= 4 is 33.1 Å². The standard InChI is InChI=1S/C16H20BrCl/c1-4-5-14-8-9-15(17)10-16(14)13(3)7-6-12(2)11-18/h6-10H,4-5,11H2,1-3H3/b12-6-,13-7+. The van der Waals surface area contributed by atoms with Crippen LogP contribution in [0.15, 0.2) is 40.4 Å². The topological polar surface area (TPSA) is 0 Å². The molecule has 0 unspecified atom stereocenters. The summed E-state index contributed by atoms with van der Waals surface area (Å²) >= 11 is 9.33. The van der Waals surface area contributed by atoms with Crippen LogP contribution in [0.2, 0.25) is 0 Å². The van der Waals surface area contributed by atoms with Gasteiger partial charge in [-0.05, 0) is 49.1 Å². The maximum absolute atomic E-state index is 5.78. The quantitative estimate of drug-likeness (QED) is 0.460. The van der Waals surface area contributed by atoms with E-state index in [0.717, 1.165) is 10.9 Å². The van der Waals surface area contributed by atoms with Crippen molar-refractivity contribution in [2.75, 3.05) is 5.88 Å². The lowest BCUT2D eigenvalue weighted by Crippen LogP contribution is -1.92. The highest BCUT2D eigenvalue weighted by molar-refractivity contribution is 9.10. The van der Waals surface area contributed by atoms with Gasteiger partial charge in [-0.2, -0.15) is 0 Å². The number of rotatable bonds is 5. The second kappa shape index (κ2) is 7.81. The van der Waals surface area contributed by atoms with E-state index in [4.69, 9.17) is 11.6 Å². The molecular formula is C16H20BrCl. The SMILES string of the molecule is CCCc1ccc(Br)cc1/C(C)=C/C=C(/C)CCl. The first-order valence-corrected chi connectivity index (χ1v) is 7.60. The van der Waals surface area contributed by atoms with Gasteiger partial charge in [0, 0.05) is 10.4 Å². The summed E-state index contributed by atoms with van der Waals surface area (Å²) in [6, 6.07) is 6.51. The highest BCUT2D eigenvalue weighted by atomic mass is 79.9. The Hall–Kier alpha value is -0.530. The van der Waals surface area contributed by atoms with Gasteiger partial charge in [-0.15, -0.1) is 11.6 Å². The summed E-state index contributed by atoms with van der Waals surface area (Å²) in [6.07, 6.45) is 6.53. The predicted octanol–water partition coefficient (Wildman–Crippen LogP) is 5.99. The average molecular weight is 328 g/mol. The first-order chi connectivity index (χ1) is 8.58. The third-order valence-corrected chi connectivity index (χ3v) is 3.76. The van der Waals surface area contributed by atoms with E-state index in [1.807, 2.05) is 6.92 Å². The summed E-state index contributed by atoms with van der Waals surface area (Å²) in [5.41, 5.74) is 5.20. The molecule has 0 bridgehead atoms. The molecule has 0 amide bonds. The largest absolute Gasteiger partial charge is 0.122 e. The van der Waals surface area contributed by atoms with Gasteiger partial charge in [0.15, 0.2) is 0 Å². The van der Waals surface area contributed by atoms with Gasteiger partial charge in [0.2, 0.25) is 0 Å². The van der Waals surface area contributed by atoms with Crippen LogP contribution >= 0.6 is 27.5 Å². The van der Waals surface area contributed by atoms with Crippen molar-refractivity contribution in [1.29, 1.82) is 0 Å². The number of aryl methyl sites for hydroxylation is 1. The van der Waals surface area contributed by atoms with Gasteiger partial charge in [-0.1, -0.05) is 53.1 Å². The van der Waals surface area contributed by atoms with Crippen LogP contribution in [0.3, 0.4) is 0 Å². The summed E-state index contributed by atoms with van der Waals surface area (Å²) < 4.78 is 1.13. The van der Waals surface area contributed by atoms with E-state index in [1.165, 1.54) is 28.7 Å². The zero-order valence-corrected chi connectivity index (χ0v) is 13.6. The Morgan fingerprint density at radius 3 is 2.61 bits per heavy atom. The van der Waals surface area contributed by atoms with E-state index in [2.05, 4.69) is 60.1 Å². The lowest BCUT2D eigenvalue weighted by atomic mass is 9.97. The molecule has 98 valence electrons. The molecular weight excluding hydrogens is 308 g/mol. The Morgan fingerprint density at radius 2 is 2.00 bits per heavy atom. The summed E-state index contributed by atoms with van der Waals surface area (Å²) in [7, 11) is 0. The van der Waals surface area contributed by atoms with Crippen molar-refractivity contribution in [3.05, 3.63) is 51.5 Å².